The maximum atomic E-state index is 12.8. The molecule has 0 saturated carbocycles. The van der Waals surface area contributed by atoms with Crippen molar-refractivity contribution < 1.29 is 27.5 Å². The number of carbonyl (C=O) groups excluding carboxylic acids is 2. The number of nitrogens with zero attached hydrogens (tertiary/aromatic N) is 2. The number of likely N-dealkylation sites (N-methyl/N-ethyl adjacent to an activating group) is 1. The predicted molar refractivity (Wildman–Crippen MR) is 101 cm³/mol. The van der Waals surface area contributed by atoms with Gasteiger partial charge >= 0.3 is 12.1 Å². The molecular weight excluding hydrogens is 373 g/mol. The molecule has 28 heavy (non-hydrogen) atoms. The monoisotopic (exact) mass is 400 g/mol. The lowest BCUT2D eigenvalue weighted by atomic mass is 10.1. The number of halogens is 3. The molecule has 0 aliphatic carbocycles. The Kier molecular flexibility index (Phi) is 8.23. The number of esters is 1. The van der Waals surface area contributed by atoms with Crippen LogP contribution in [-0.2, 0) is 20.5 Å². The second kappa shape index (κ2) is 9.73. The van der Waals surface area contributed by atoms with Crippen molar-refractivity contribution in [2.75, 3.05) is 33.7 Å². The van der Waals surface area contributed by atoms with Gasteiger partial charge in [-0.2, -0.15) is 13.2 Å². The molecule has 0 aliphatic heterocycles. The molecule has 0 unspecified atom stereocenters. The third-order valence-electron chi connectivity index (χ3n) is 3.50. The van der Waals surface area contributed by atoms with Gasteiger partial charge in [-0.1, -0.05) is 12.1 Å². The molecule has 0 bridgehead atoms. The first kappa shape index (κ1) is 23.7. The van der Waals surface area contributed by atoms with E-state index in [4.69, 9.17) is 4.74 Å². The average Bonchev–Trinajstić information content (AvgIpc) is 2.54. The first-order chi connectivity index (χ1) is 12.8. The molecule has 0 spiro atoms. The van der Waals surface area contributed by atoms with Crippen molar-refractivity contribution in [3.05, 3.63) is 41.5 Å². The van der Waals surface area contributed by atoms with Crippen molar-refractivity contribution in [3.63, 3.8) is 0 Å². The largest absolute Gasteiger partial charge is 0.459 e. The zero-order valence-electron chi connectivity index (χ0n) is 16.8. The zero-order valence-corrected chi connectivity index (χ0v) is 16.8. The Morgan fingerprint density at radius 1 is 1.11 bits per heavy atom. The van der Waals surface area contributed by atoms with Gasteiger partial charge in [0.2, 0.25) is 5.91 Å². The van der Waals surface area contributed by atoms with Crippen molar-refractivity contribution in [3.8, 4) is 0 Å². The fraction of sp³-hybridized carbons (Fsp3) is 0.500. The molecule has 0 atom stereocenters. The van der Waals surface area contributed by atoms with Crippen LogP contribution in [0.2, 0.25) is 0 Å². The normalized spacial score (nSPS) is 12.5. The zero-order chi connectivity index (χ0) is 21.5. The second-order valence-electron chi connectivity index (χ2n) is 7.61. The molecule has 8 heteroatoms. The molecule has 0 N–H and O–H groups in total. The van der Waals surface area contributed by atoms with Crippen molar-refractivity contribution in [1.29, 1.82) is 0 Å². The summed E-state index contributed by atoms with van der Waals surface area (Å²) in [4.78, 5) is 27.7. The van der Waals surface area contributed by atoms with Gasteiger partial charge in [0, 0.05) is 19.2 Å². The molecule has 1 amide bonds. The van der Waals surface area contributed by atoms with E-state index in [1.54, 1.807) is 20.8 Å². The number of hydrogen-bond donors (Lipinski definition) is 0. The van der Waals surface area contributed by atoms with Gasteiger partial charge in [0.25, 0.3) is 0 Å². The number of hydrogen-bond acceptors (Lipinski definition) is 4. The van der Waals surface area contributed by atoms with E-state index in [0.717, 1.165) is 18.2 Å². The van der Waals surface area contributed by atoms with Crippen molar-refractivity contribution in [2.45, 2.75) is 32.5 Å². The van der Waals surface area contributed by atoms with E-state index in [-0.39, 0.29) is 18.7 Å². The highest BCUT2D eigenvalue weighted by atomic mass is 19.4. The van der Waals surface area contributed by atoms with Gasteiger partial charge in [-0.3, -0.25) is 9.59 Å². The Morgan fingerprint density at radius 2 is 1.75 bits per heavy atom. The van der Waals surface area contributed by atoms with Crippen LogP contribution in [0.25, 0.3) is 6.08 Å². The summed E-state index contributed by atoms with van der Waals surface area (Å²) in [6, 6.07) is 4.67. The minimum absolute atomic E-state index is 0.239. The third kappa shape index (κ3) is 9.03. The molecule has 156 valence electrons. The molecule has 0 heterocycles. The second-order valence-corrected chi connectivity index (χ2v) is 7.61. The van der Waals surface area contributed by atoms with Gasteiger partial charge in [-0.25, -0.2) is 0 Å². The first-order valence-corrected chi connectivity index (χ1v) is 8.79. The number of ether oxygens (including phenoxy) is 1. The Bertz CT molecular complexity index is 707. The molecule has 0 aromatic heterocycles. The van der Waals surface area contributed by atoms with Gasteiger partial charge in [-0.15, -0.1) is 0 Å². The van der Waals surface area contributed by atoms with Gasteiger partial charge in [0.1, 0.15) is 12.1 Å². The fourth-order valence-electron chi connectivity index (χ4n) is 2.21. The van der Waals surface area contributed by atoms with E-state index in [9.17, 15) is 22.8 Å². The number of alkyl halides is 3. The van der Waals surface area contributed by atoms with E-state index < -0.39 is 29.2 Å². The van der Waals surface area contributed by atoms with Gasteiger partial charge in [0.05, 0.1) is 5.56 Å². The van der Waals surface area contributed by atoms with E-state index >= 15 is 0 Å². The van der Waals surface area contributed by atoms with Crippen LogP contribution in [-0.4, -0.2) is 61.0 Å². The maximum absolute atomic E-state index is 12.8. The van der Waals surface area contributed by atoms with Crippen LogP contribution in [0.4, 0.5) is 13.2 Å². The van der Waals surface area contributed by atoms with Crippen molar-refractivity contribution in [1.82, 2.24) is 9.80 Å². The molecule has 1 aromatic rings. The number of amides is 1. The number of carbonyl (C=O) groups is 2. The smallest absolute Gasteiger partial charge is 0.416 e. The van der Waals surface area contributed by atoms with E-state index in [1.165, 1.54) is 23.1 Å². The van der Waals surface area contributed by atoms with Crippen LogP contribution in [0.15, 0.2) is 30.3 Å². The van der Waals surface area contributed by atoms with Crippen molar-refractivity contribution >= 4 is 18.0 Å². The van der Waals surface area contributed by atoms with E-state index in [2.05, 4.69) is 0 Å². The van der Waals surface area contributed by atoms with Crippen LogP contribution in [0, 0.1) is 0 Å². The first-order valence-electron chi connectivity index (χ1n) is 8.79. The minimum atomic E-state index is -4.46. The summed E-state index contributed by atoms with van der Waals surface area (Å²) in [7, 11) is 3.66. The lowest BCUT2D eigenvalue weighted by Gasteiger charge is -2.25. The van der Waals surface area contributed by atoms with Gasteiger partial charge in [-0.05, 0) is 58.6 Å². The molecule has 1 rings (SSSR count). The molecular formula is C20H27F3N2O3. The van der Waals surface area contributed by atoms with Gasteiger partial charge < -0.3 is 14.5 Å². The van der Waals surface area contributed by atoms with Crippen LogP contribution in [0.1, 0.15) is 31.9 Å². The average molecular weight is 400 g/mol. The Morgan fingerprint density at radius 3 is 2.29 bits per heavy atom. The van der Waals surface area contributed by atoms with Crippen LogP contribution in [0.5, 0.6) is 0 Å². The summed E-state index contributed by atoms with van der Waals surface area (Å²) in [5.41, 5.74) is -1.23. The van der Waals surface area contributed by atoms with Crippen LogP contribution < -0.4 is 0 Å². The number of benzene rings is 1. The topological polar surface area (TPSA) is 49.9 Å². The molecule has 5 nitrogen and oxygen atoms in total. The maximum Gasteiger partial charge on any atom is 0.416 e. The fourth-order valence-corrected chi connectivity index (χ4v) is 2.21. The molecule has 0 radical (unpaired) electrons. The van der Waals surface area contributed by atoms with Crippen molar-refractivity contribution in [2.24, 2.45) is 0 Å². The summed E-state index contributed by atoms with van der Waals surface area (Å²) in [5, 5.41) is 0. The minimum Gasteiger partial charge on any atom is -0.459 e. The van der Waals surface area contributed by atoms with E-state index in [0.29, 0.717) is 6.54 Å². The quantitative estimate of drug-likeness (QED) is 0.520. The number of rotatable bonds is 7. The summed E-state index contributed by atoms with van der Waals surface area (Å²) >= 11 is 0. The van der Waals surface area contributed by atoms with E-state index in [1.807, 2.05) is 19.0 Å². The Hall–Kier alpha value is -2.35. The standard InChI is InChI=1S/C20H27F3N2O3/c1-19(2,3)28-18(27)14-25(12-11-24(4)5)17(26)10-9-15-7-6-8-16(13-15)20(21,22)23/h6-10,13H,11-12,14H2,1-5H3/b10-9+. The molecule has 0 aliphatic rings. The highest BCUT2D eigenvalue weighted by molar-refractivity contribution is 5.93. The summed E-state index contributed by atoms with van der Waals surface area (Å²) in [5.74, 6) is -1.03. The highest BCUT2D eigenvalue weighted by Crippen LogP contribution is 2.29. The summed E-state index contributed by atoms with van der Waals surface area (Å²) < 4.78 is 43.6. The Balaban J connectivity index is 2.90. The highest BCUT2D eigenvalue weighted by Gasteiger charge is 2.30. The summed E-state index contributed by atoms with van der Waals surface area (Å²) in [6.45, 7) is 5.74. The Labute approximate surface area is 163 Å². The SMILES string of the molecule is CN(C)CCN(CC(=O)OC(C)(C)C)C(=O)/C=C/c1cccc(C(F)(F)F)c1. The molecule has 0 fully saturated rings. The summed E-state index contributed by atoms with van der Waals surface area (Å²) in [6.07, 6.45) is -1.99. The third-order valence-corrected chi connectivity index (χ3v) is 3.50. The molecule has 1 aromatic carbocycles. The molecule has 0 saturated heterocycles. The lowest BCUT2D eigenvalue weighted by Crippen LogP contribution is -2.41. The predicted octanol–water partition coefficient (Wildman–Crippen LogP) is 3.45. The lowest BCUT2D eigenvalue weighted by molar-refractivity contribution is -0.158. The van der Waals surface area contributed by atoms with Crippen LogP contribution >= 0.6 is 0 Å². The van der Waals surface area contributed by atoms with Gasteiger partial charge in [0.15, 0.2) is 0 Å². The van der Waals surface area contributed by atoms with Crippen LogP contribution in [0.3, 0.4) is 0 Å².